The molecular weight excluding hydrogens is 331 g/mol. The monoisotopic (exact) mass is 340 g/mol. The highest BCUT2D eigenvalue weighted by atomic mass is 35.5. The second-order valence-electron chi connectivity index (χ2n) is 4.03. The number of halogens is 2. The molecule has 0 spiro atoms. The number of nitrogens with zero attached hydrogens (tertiary/aromatic N) is 2. The van der Waals surface area contributed by atoms with E-state index in [1.165, 1.54) is 6.07 Å². The van der Waals surface area contributed by atoms with Gasteiger partial charge in [0.15, 0.2) is 11.6 Å². The van der Waals surface area contributed by atoms with Crippen LogP contribution in [-0.2, 0) is 0 Å². The number of rotatable bonds is 4. The molecule has 0 fully saturated rings. The van der Waals surface area contributed by atoms with Crippen LogP contribution in [-0.4, -0.2) is 21.6 Å². The van der Waals surface area contributed by atoms with Crippen LogP contribution in [0.3, 0.4) is 0 Å². The number of H-pyrrole nitrogens is 1. The molecule has 9 heteroatoms. The van der Waals surface area contributed by atoms with E-state index in [4.69, 9.17) is 28.9 Å². The minimum absolute atomic E-state index is 0.00229. The van der Waals surface area contributed by atoms with Crippen molar-refractivity contribution in [3.63, 3.8) is 0 Å². The highest BCUT2D eigenvalue weighted by molar-refractivity contribution is 6.42. The number of aromatic nitrogens is 2. The van der Waals surface area contributed by atoms with Crippen molar-refractivity contribution < 1.29 is 9.63 Å². The number of benzene rings is 1. The molecule has 0 radical (unpaired) electrons. The zero-order chi connectivity index (χ0) is 16.3. The lowest BCUT2D eigenvalue weighted by Gasteiger charge is -2.08. The highest BCUT2D eigenvalue weighted by Crippen LogP contribution is 2.30. The smallest absolute Gasteiger partial charge is 0.439 e. The number of aromatic amines is 1. The summed E-state index contributed by atoms with van der Waals surface area (Å²) in [7, 11) is 0. The Morgan fingerprint density at radius 3 is 2.73 bits per heavy atom. The summed E-state index contributed by atoms with van der Waals surface area (Å²) in [5.41, 5.74) is 5.82. The van der Waals surface area contributed by atoms with E-state index in [2.05, 4.69) is 26.2 Å². The molecule has 0 aliphatic rings. The molecule has 1 aromatic carbocycles. The second kappa shape index (κ2) is 6.50. The maximum atomic E-state index is 11.0. The quantitative estimate of drug-likeness (QED) is 0.342. The van der Waals surface area contributed by atoms with E-state index in [0.717, 1.165) is 6.34 Å². The molecule has 0 bridgehead atoms. The molecule has 114 valence electrons. The maximum absolute atomic E-state index is 11.0. The van der Waals surface area contributed by atoms with Gasteiger partial charge in [-0.3, -0.25) is 9.51 Å². The van der Waals surface area contributed by atoms with Gasteiger partial charge >= 0.3 is 5.76 Å². The zero-order valence-corrected chi connectivity index (χ0v) is 12.5. The molecule has 0 saturated heterocycles. The predicted molar refractivity (Wildman–Crippen MR) is 84.8 cm³/mol. The Morgan fingerprint density at radius 2 is 2.18 bits per heavy atom. The van der Waals surface area contributed by atoms with Gasteiger partial charge < -0.3 is 10.8 Å². The van der Waals surface area contributed by atoms with Crippen molar-refractivity contribution in [3.8, 4) is 0 Å². The van der Waals surface area contributed by atoms with Crippen LogP contribution in [0.2, 0.25) is 10.0 Å². The van der Waals surface area contributed by atoms with Crippen molar-refractivity contribution in [3.05, 3.63) is 62.5 Å². The molecule has 0 amide bonds. The Hall–Kier alpha value is -2.51. The molecule has 0 unspecified atom stereocenters. The van der Waals surface area contributed by atoms with Crippen molar-refractivity contribution in [2.75, 3.05) is 0 Å². The molecule has 2 aromatic rings. The summed E-state index contributed by atoms with van der Waals surface area (Å²) in [6, 6.07) is 4.63. The van der Waals surface area contributed by atoms with Crippen LogP contribution >= 0.6 is 23.2 Å². The van der Waals surface area contributed by atoms with Crippen molar-refractivity contribution in [2.45, 2.75) is 0 Å². The van der Waals surface area contributed by atoms with Gasteiger partial charge in [-0.1, -0.05) is 41.0 Å². The summed E-state index contributed by atoms with van der Waals surface area (Å²) in [6.45, 7) is 3.63. The number of aliphatic hydroxyl groups excluding tert-OH is 1. The van der Waals surface area contributed by atoms with E-state index in [9.17, 15) is 9.90 Å². The Bertz CT molecular complexity index is 836. The van der Waals surface area contributed by atoms with E-state index in [1.807, 2.05) is 0 Å². The fourth-order valence-electron chi connectivity index (χ4n) is 1.61. The first-order valence-corrected chi connectivity index (χ1v) is 6.58. The summed E-state index contributed by atoms with van der Waals surface area (Å²) in [5, 5.41) is 14.4. The van der Waals surface area contributed by atoms with Gasteiger partial charge in [-0.15, -0.1) is 0 Å². The predicted octanol–water partition coefficient (Wildman–Crippen LogP) is 2.60. The third-order valence-corrected chi connectivity index (χ3v) is 3.37. The number of nitrogens with one attached hydrogen (secondary N) is 1. The molecule has 0 saturated carbocycles. The van der Waals surface area contributed by atoms with Crippen LogP contribution < -0.4 is 11.5 Å². The van der Waals surface area contributed by atoms with Gasteiger partial charge in [0.05, 0.1) is 22.0 Å². The normalized spacial score (nSPS) is 12.5. The summed E-state index contributed by atoms with van der Waals surface area (Å²) < 4.78 is 4.36. The van der Waals surface area contributed by atoms with Gasteiger partial charge in [0.25, 0.3) is 0 Å². The van der Waals surface area contributed by atoms with E-state index in [0.29, 0.717) is 10.6 Å². The Labute approximate surface area is 134 Å². The lowest BCUT2D eigenvalue weighted by atomic mass is 10.1. The lowest BCUT2D eigenvalue weighted by molar-refractivity contribution is 0.383. The molecule has 4 N–H and O–H groups in total. The summed E-state index contributed by atoms with van der Waals surface area (Å²) >= 11 is 11.8. The fraction of sp³-hybridized carbons (Fsp3) is 0. The fourth-order valence-corrected chi connectivity index (χ4v) is 1.90. The lowest BCUT2D eigenvalue weighted by Crippen LogP contribution is -2.00. The number of aliphatic imine (C=N–C) groups is 1. The largest absolute Gasteiger partial charge is 0.505 e. The second-order valence-corrected chi connectivity index (χ2v) is 4.84. The Balaban J connectivity index is 2.55. The number of aliphatic hydroxyl groups is 1. The summed E-state index contributed by atoms with van der Waals surface area (Å²) in [4.78, 5) is 17.1. The van der Waals surface area contributed by atoms with Crippen LogP contribution in [0.1, 0.15) is 11.4 Å². The first kappa shape index (κ1) is 15.9. The third kappa shape index (κ3) is 3.21. The number of hydrogen-bond donors (Lipinski definition) is 3. The zero-order valence-electron chi connectivity index (χ0n) is 11.0. The van der Waals surface area contributed by atoms with Gasteiger partial charge in [0.2, 0.25) is 0 Å². The van der Waals surface area contributed by atoms with Gasteiger partial charge in [0.1, 0.15) is 5.70 Å². The minimum atomic E-state index is -0.776. The van der Waals surface area contributed by atoms with Gasteiger partial charge in [-0.25, -0.2) is 9.79 Å². The molecule has 0 aliphatic carbocycles. The van der Waals surface area contributed by atoms with Crippen LogP contribution in [0.5, 0.6) is 0 Å². The maximum Gasteiger partial charge on any atom is 0.439 e. The number of allylic oxidation sites excluding steroid dienone is 1. The van der Waals surface area contributed by atoms with Gasteiger partial charge in [-0.2, -0.15) is 0 Å². The molecular formula is C13H10Cl2N4O3. The molecule has 22 heavy (non-hydrogen) atoms. The first-order chi connectivity index (χ1) is 10.4. The number of hydrogen-bond acceptors (Lipinski definition) is 5. The summed E-state index contributed by atoms with van der Waals surface area (Å²) in [6.07, 6.45) is 0.993. The van der Waals surface area contributed by atoms with Crippen molar-refractivity contribution in [1.29, 1.82) is 0 Å². The van der Waals surface area contributed by atoms with Crippen molar-refractivity contribution in [1.82, 2.24) is 10.1 Å². The minimum Gasteiger partial charge on any atom is -0.505 e. The first-order valence-electron chi connectivity index (χ1n) is 5.82. The van der Waals surface area contributed by atoms with Gasteiger partial charge in [-0.05, 0) is 12.1 Å². The molecule has 1 aromatic heterocycles. The Morgan fingerprint density at radius 1 is 1.45 bits per heavy atom. The Kier molecular flexibility index (Phi) is 4.69. The van der Waals surface area contributed by atoms with E-state index >= 15 is 0 Å². The average molecular weight is 341 g/mol. The van der Waals surface area contributed by atoms with E-state index in [-0.39, 0.29) is 27.9 Å². The van der Waals surface area contributed by atoms with E-state index in [1.54, 1.807) is 12.1 Å². The standard InChI is InChI=1S/C13H10Cl2N4O3/c1-6(12-18-13(21)22-19-12)11(20)10(17-5-16)7-2-3-8(14)9(15)4-7/h2-5,20H,1H2,(H2,16,17)(H,18,19,21)/b11-10+. The molecule has 2 rings (SSSR count). The SMILES string of the molecule is C=C(/C(O)=C(\N=CN)c1ccc(Cl)c(Cl)c1)c1noc(=O)[nH]1. The molecule has 1 heterocycles. The molecule has 0 atom stereocenters. The topological polar surface area (TPSA) is 118 Å². The van der Waals surface area contributed by atoms with Gasteiger partial charge in [0, 0.05) is 5.56 Å². The number of nitrogens with two attached hydrogens (primary N) is 1. The van der Waals surface area contributed by atoms with Crippen LogP contribution in [0.15, 0.2) is 44.8 Å². The van der Waals surface area contributed by atoms with Crippen LogP contribution in [0, 0.1) is 0 Å². The third-order valence-electron chi connectivity index (χ3n) is 2.63. The van der Waals surface area contributed by atoms with E-state index < -0.39 is 5.76 Å². The van der Waals surface area contributed by atoms with Crippen LogP contribution in [0.4, 0.5) is 0 Å². The molecule has 7 nitrogen and oxygen atoms in total. The summed E-state index contributed by atoms with van der Waals surface area (Å²) in [5.74, 6) is -1.17. The van der Waals surface area contributed by atoms with Crippen LogP contribution in [0.25, 0.3) is 11.3 Å². The van der Waals surface area contributed by atoms with Crippen molar-refractivity contribution >= 4 is 40.8 Å². The average Bonchev–Trinajstić information content (AvgIpc) is 2.93. The molecule has 0 aliphatic heterocycles. The van der Waals surface area contributed by atoms with Crippen molar-refractivity contribution in [2.24, 2.45) is 10.7 Å². The highest BCUT2D eigenvalue weighted by Gasteiger charge is 2.16.